The highest BCUT2D eigenvalue weighted by Crippen LogP contribution is 2.27. The van der Waals surface area contributed by atoms with Crippen LogP contribution in [0.2, 0.25) is 0 Å². The number of methoxy groups -OCH3 is 1. The minimum atomic E-state index is -0.708. The Labute approximate surface area is 141 Å². The van der Waals surface area contributed by atoms with Crippen molar-refractivity contribution in [2.75, 3.05) is 13.7 Å². The molecule has 0 aliphatic rings. The standard InChI is InChI=1S/C18H22N2O4/c1-3-18(23-2,14-8-5-4-6-9-14)13-20-17(22)16(21)19-12-15-10-7-11-24-15/h4-11H,3,12-13H2,1-2H3,(H,19,21)(H,20,22)/t18-/m1/s1. The molecule has 6 heteroatoms. The third-order valence-corrected chi connectivity index (χ3v) is 4.01. The van der Waals surface area contributed by atoms with Gasteiger partial charge in [-0.3, -0.25) is 9.59 Å². The fourth-order valence-electron chi connectivity index (χ4n) is 2.47. The highest BCUT2D eigenvalue weighted by molar-refractivity contribution is 6.35. The molecule has 1 atom stereocenters. The van der Waals surface area contributed by atoms with Gasteiger partial charge < -0.3 is 19.8 Å². The van der Waals surface area contributed by atoms with Crippen molar-refractivity contribution in [3.8, 4) is 0 Å². The number of hydrogen-bond acceptors (Lipinski definition) is 4. The van der Waals surface area contributed by atoms with E-state index in [-0.39, 0.29) is 13.1 Å². The molecule has 24 heavy (non-hydrogen) atoms. The Morgan fingerprint density at radius 1 is 1.08 bits per heavy atom. The molecular formula is C18H22N2O4. The van der Waals surface area contributed by atoms with Crippen LogP contribution in [-0.4, -0.2) is 25.5 Å². The first-order chi connectivity index (χ1) is 11.6. The van der Waals surface area contributed by atoms with Crippen LogP contribution < -0.4 is 10.6 Å². The molecule has 0 unspecified atom stereocenters. The normalized spacial score (nSPS) is 13.1. The molecule has 0 saturated heterocycles. The van der Waals surface area contributed by atoms with E-state index in [1.807, 2.05) is 37.3 Å². The molecule has 6 nitrogen and oxygen atoms in total. The first-order valence-corrected chi connectivity index (χ1v) is 7.80. The maximum absolute atomic E-state index is 12.0. The van der Waals surface area contributed by atoms with Gasteiger partial charge in [-0.15, -0.1) is 0 Å². The van der Waals surface area contributed by atoms with Crippen molar-refractivity contribution < 1.29 is 18.7 Å². The summed E-state index contributed by atoms with van der Waals surface area (Å²) in [6, 6.07) is 13.1. The highest BCUT2D eigenvalue weighted by atomic mass is 16.5. The van der Waals surface area contributed by atoms with Gasteiger partial charge in [0, 0.05) is 7.11 Å². The summed E-state index contributed by atoms with van der Waals surface area (Å²) in [5.41, 5.74) is 0.282. The molecule has 0 fully saturated rings. The minimum absolute atomic E-state index is 0.168. The van der Waals surface area contributed by atoms with Gasteiger partial charge in [-0.1, -0.05) is 37.3 Å². The fourth-order valence-corrected chi connectivity index (χ4v) is 2.47. The summed E-state index contributed by atoms with van der Waals surface area (Å²) in [4.78, 5) is 23.9. The largest absolute Gasteiger partial charge is 0.467 e. The van der Waals surface area contributed by atoms with Gasteiger partial charge in [-0.05, 0) is 24.1 Å². The molecule has 2 N–H and O–H groups in total. The second-order valence-corrected chi connectivity index (χ2v) is 5.36. The average Bonchev–Trinajstić information content (AvgIpc) is 3.15. The predicted octanol–water partition coefficient (Wildman–Crippen LogP) is 1.96. The van der Waals surface area contributed by atoms with E-state index in [4.69, 9.17) is 9.15 Å². The molecule has 2 amide bonds. The summed E-state index contributed by atoms with van der Waals surface area (Å²) < 4.78 is 10.8. The number of nitrogens with one attached hydrogen (secondary N) is 2. The van der Waals surface area contributed by atoms with Crippen molar-refractivity contribution in [1.29, 1.82) is 0 Å². The molecule has 0 aliphatic heterocycles. The number of amides is 2. The van der Waals surface area contributed by atoms with Gasteiger partial charge in [0.15, 0.2) is 0 Å². The van der Waals surface area contributed by atoms with E-state index in [0.29, 0.717) is 12.2 Å². The van der Waals surface area contributed by atoms with Gasteiger partial charge in [-0.25, -0.2) is 0 Å². The lowest BCUT2D eigenvalue weighted by Gasteiger charge is -2.32. The average molecular weight is 330 g/mol. The SMILES string of the molecule is CC[C@](CNC(=O)C(=O)NCc1ccco1)(OC)c1ccccc1. The smallest absolute Gasteiger partial charge is 0.309 e. The van der Waals surface area contributed by atoms with Crippen LogP contribution >= 0.6 is 0 Å². The number of furan rings is 1. The Hall–Kier alpha value is -2.60. The fraction of sp³-hybridized carbons (Fsp3) is 0.333. The Kier molecular flexibility index (Phi) is 6.14. The van der Waals surface area contributed by atoms with Crippen LogP contribution in [0.1, 0.15) is 24.7 Å². The first kappa shape index (κ1) is 17.7. The van der Waals surface area contributed by atoms with Crippen LogP contribution in [0, 0.1) is 0 Å². The molecule has 1 heterocycles. The van der Waals surface area contributed by atoms with Crippen molar-refractivity contribution >= 4 is 11.8 Å². The van der Waals surface area contributed by atoms with Crippen molar-refractivity contribution in [1.82, 2.24) is 10.6 Å². The maximum Gasteiger partial charge on any atom is 0.309 e. The summed E-state index contributed by atoms with van der Waals surface area (Å²) in [6.07, 6.45) is 2.16. The molecule has 0 radical (unpaired) electrons. The van der Waals surface area contributed by atoms with Gasteiger partial charge in [0.1, 0.15) is 11.4 Å². The monoisotopic (exact) mass is 330 g/mol. The van der Waals surface area contributed by atoms with E-state index < -0.39 is 17.4 Å². The quantitative estimate of drug-likeness (QED) is 0.761. The lowest BCUT2D eigenvalue weighted by molar-refractivity contribution is -0.140. The molecular weight excluding hydrogens is 308 g/mol. The zero-order chi connectivity index (χ0) is 17.4. The summed E-state index contributed by atoms with van der Waals surface area (Å²) in [5, 5.41) is 5.16. The summed E-state index contributed by atoms with van der Waals surface area (Å²) in [5.74, 6) is -0.826. The second-order valence-electron chi connectivity index (χ2n) is 5.36. The molecule has 2 rings (SSSR count). The van der Waals surface area contributed by atoms with Gasteiger partial charge >= 0.3 is 11.8 Å². The molecule has 0 aliphatic carbocycles. The van der Waals surface area contributed by atoms with Crippen LogP contribution in [0.3, 0.4) is 0 Å². The van der Waals surface area contributed by atoms with Gasteiger partial charge in [-0.2, -0.15) is 0 Å². The number of hydrogen-bond donors (Lipinski definition) is 2. The van der Waals surface area contributed by atoms with E-state index in [9.17, 15) is 9.59 Å². The van der Waals surface area contributed by atoms with Crippen LogP contribution in [0.25, 0.3) is 0 Å². The number of ether oxygens (including phenoxy) is 1. The van der Waals surface area contributed by atoms with Crippen molar-refractivity contribution in [3.63, 3.8) is 0 Å². The third-order valence-electron chi connectivity index (χ3n) is 4.01. The minimum Gasteiger partial charge on any atom is -0.467 e. The Morgan fingerprint density at radius 3 is 2.38 bits per heavy atom. The van der Waals surface area contributed by atoms with E-state index in [0.717, 1.165) is 5.56 Å². The van der Waals surface area contributed by atoms with E-state index in [1.54, 1.807) is 19.2 Å². The number of carbonyl (C=O) groups excluding carboxylic acids is 2. The lowest BCUT2D eigenvalue weighted by atomic mass is 9.90. The Bertz CT molecular complexity index is 649. The van der Waals surface area contributed by atoms with Gasteiger partial charge in [0.25, 0.3) is 0 Å². The molecule has 1 aromatic heterocycles. The summed E-state index contributed by atoms with van der Waals surface area (Å²) in [7, 11) is 1.60. The van der Waals surface area contributed by atoms with E-state index in [2.05, 4.69) is 10.6 Å². The van der Waals surface area contributed by atoms with Crippen molar-refractivity contribution in [3.05, 3.63) is 60.1 Å². The van der Waals surface area contributed by atoms with E-state index >= 15 is 0 Å². The van der Waals surface area contributed by atoms with Crippen LogP contribution in [0.4, 0.5) is 0 Å². The topological polar surface area (TPSA) is 80.6 Å². The number of rotatable bonds is 7. The zero-order valence-corrected chi connectivity index (χ0v) is 13.9. The van der Waals surface area contributed by atoms with Crippen molar-refractivity contribution in [2.24, 2.45) is 0 Å². The Balaban J connectivity index is 1.93. The van der Waals surface area contributed by atoms with E-state index in [1.165, 1.54) is 6.26 Å². The summed E-state index contributed by atoms with van der Waals surface area (Å²) in [6.45, 7) is 2.35. The first-order valence-electron chi connectivity index (χ1n) is 7.80. The number of carbonyl (C=O) groups is 2. The molecule has 0 saturated carbocycles. The van der Waals surface area contributed by atoms with Gasteiger partial charge in [0.05, 0.1) is 19.4 Å². The zero-order valence-electron chi connectivity index (χ0n) is 13.9. The molecule has 1 aromatic carbocycles. The maximum atomic E-state index is 12.0. The van der Waals surface area contributed by atoms with Crippen molar-refractivity contribution in [2.45, 2.75) is 25.5 Å². The molecule has 0 bridgehead atoms. The Morgan fingerprint density at radius 2 is 1.79 bits per heavy atom. The summed E-state index contributed by atoms with van der Waals surface area (Å²) >= 11 is 0. The second kappa shape index (κ2) is 8.31. The predicted molar refractivity (Wildman–Crippen MR) is 89.0 cm³/mol. The van der Waals surface area contributed by atoms with Crippen LogP contribution in [0.15, 0.2) is 53.1 Å². The van der Waals surface area contributed by atoms with Gasteiger partial charge in [0.2, 0.25) is 0 Å². The molecule has 128 valence electrons. The van der Waals surface area contributed by atoms with Crippen LogP contribution in [-0.2, 0) is 26.5 Å². The molecule has 0 spiro atoms. The van der Waals surface area contributed by atoms with Crippen LogP contribution in [0.5, 0.6) is 0 Å². The number of benzene rings is 1. The lowest BCUT2D eigenvalue weighted by Crippen LogP contribution is -2.46. The molecule has 2 aromatic rings. The third kappa shape index (κ3) is 4.23. The highest BCUT2D eigenvalue weighted by Gasteiger charge is 2.31.